The van der Waals surface area contributed by atoms with Gasteiger partial charge in [0.05, 0.1) is 13.7 Å². The average molecular weight is 300 g/mol. The number of rotatable bonds is 4. The number of ether oxygens (including phenoxy) is 2. The lowest BCUT2D eigenvalue weighted by Gasteiger charge is -2.41. The lowest BCUT2D eigenvalue weighted by molar-refractivity contribution is -0.237. The standard InChI is InChI=1S/C14H20O7/c1-20-8-4-2-7(3-5-8)6-21-14-12(18)10(16)9(15)11(17)13(14)19/h2-5,9-19H,6H2,1H3/t9?,10-,11+,12+,13-,14?. The molecule has 0 aliphatic heterocycles. The molecular formula is C14H20O7. The van der Waals surface area contributed by atoms with Gasteiger partial charge < -0.3 is 35.0 Å². The lowest BCUT2D eigenvalue weighted by atomic mass is 9.85. The third-order valence-corrected chi connectivity index (χ3v) is 3.67. The van der Waals surface area contributed by atoms with Crippen LogP contribution in [0.1, 0.15) is 5.56 Å². The Bertz CT molecular complexity index is 433. The number of methoxy groups -OCH3 is 1. The van der Waals surface area contributed by atoms with Crippen molar-refractivity contribution in [2.75, 3.05) is 7.11 Å². The second-order valence-electron chi connectivity index (χ2n) is 5.08. The molecule has 118 valence electrons. The Morgan fingerprint density at radius 2 is 1.29 bits per heavy atom. The molecule has 0 bridgehead atoms. The summed E-state index contributed by atoms with van der Waals surface area (Å²) in [5, 5.41) is 48.3. The van der Waals surface area contributed by atoms with E-state index in [-0.39, 0.29) is 6.61 Å². The summed E-state index contributed by atoms with van der Waals surface area (Å²) in [5.41, 5.74) is 0.769. The Morgan fingerprint density at radius 1 is 0.810 bits per heavy atom. The van der Waals surface area contributed by atoms with E-state index in [4.69, 9.17) is 9.47 Å². The van der Waals surface area contributed by atoms with E-state index in [9.17, 15) is 25.5 Å². The lowest BCUT2D eigenvalue weighted by Crippen LogP contribution is -2.64. The van der Waals surface area contributed by atoms with Gasteiger partial charge in [0.2, 0.25) is 0 Å². The highest BCUT2D eigenvalue weighted by molar-refractivity contribution is 5.26. The molecule has 6 atom stereocenters. The van der Waals surface area contributed by atoms with E-state index in [2.05, 4.69) is 0 Å². The van der Waals surface area contributed by atoms with E-state index in [0.717, 1.165) is 5.56 Å². The van der Waals surface area contributed by atoms with Crippen molar-refractivity contribution in [3.8, 4) is 5.75 Å². The average Bonchev–Trinajstić information content (AvgIpc) is 2.51. The summed E-state index contributed by atoms with van der Waals surface area (Å²) < 4.78 is 10.4. The summed E-state index contributed by atoms with van der Waals surface area (Å²) in [5.74, 6) is 0.686. The minimum Gasteiger partial charge on any atom is -0.497 e. The molecule has 2 rings (SSSR count). The molecule has 21 heavy (non-hydrogen) atoms. The normalized spacial score (nSPS) is 36.5. The molecule has 1 aromatic rings. The molecule has 1 aliphatic rings. The highest BCUT2D eigenvalue weighted by Crippen LogP contribution is 2.25. The van der Waals surface area contributed by atoms with Crippen molar-refractivity contribution < 1.29 is 35.0 Å². The first kappa shape index (κ1) is 16.2. The van der Waals surface area contributed by atoms with Gasteiger partial charge in [-0.1, -0.05) is 12.1 Å². The zero-order chi connectivity index (χ0) is 15.6. The second-order valence-corrected chi connectivity index (χ2v) is 5.08. The maximum absolute atomic E-state index is 9.83. The Hall–Kier alpha value is -1.22. The summed E-state index contributed by atoms with van der Waals surface area (Å²) in [7, 11) is 1.55. The van der Waals surface area contributed by atoms with Crippen molar-refractivity contribution in [1.29, 1.82) is 0 Å². The smallest absolute Gasteiger partial charge is 0.118 e. The maximum atomic E-state index is 9.83. The first-order valence-corrected chi connectivity index (χ1v) is 6.60. The fourth-order valence-corrected chi connectivity index (χ4v) is 2.31. The van der Waals surface area contributed by atoms with E-state index >= 15 is 0 Å². The van der Waals surface area contributed by atoms with Crippen molar-refractivity contribution in [2.24, 2.45) is 0 Å². The van der Waals surface area contributed by atoms with Gasteiger partial charge in [0.15, 0.2) is 0 Å². The van der Waals surface area contributed by atoms with E-state index in [0.29, 0.717) is 5.75 Å². The number of aliphatic hydroxyl groups is 5. The van der Waals surface area contributed by atoms with Crippen LogP contribution in [0.5, 0.6) is 5.75 Å². The van der Waals surface area contributed by atoms with Crippen LogP contribution in [-0.2, 0) is 11.3 Å². The number of hydrogen-bond acceptors (Lipinski definition) is 7. The molecular weight excluding hydrogens is 280 g/mol. The van der Waals surface area contributed by atoms with Crippen molar-refractivity contribution in [3.05, 3.63) is 29.8 Å². The quantitative estimate of drug-likeness (QED) is 0.454. The maximum Gasteiger partial charge on any atom is 0.118 e. The molecule has 1 saturated carbocycles. The van der Waals surface area contributed by atoms with Crippen LogP contribution >= 0.6 is 0 Å². The van der Waals surface area contributed by atoms with Gasteiger partial charge in [-0.15, -0.1) is 0 Å². The molecule has 5 N–H and O–H groups in total. The van der Waals surface area contributed by atoms with Crippen molar-refractivity contribution in [1.82, 2.24) is 0 Å². The monoisotopic (exact) mass is 300 g/mol. The molecule has 1 aliphatic carbocycles. The highest BCUT2D eigenvalue weighted by Gasteiger charge is 2.48. The number of benzene rings is 1. The van der Waals surface area contributed by atoms with E-state index in [1.807, 2.05) is 0 Å². The summed E-state index contributed by atoms with van der Waals surface area (Å²) in [6.07, 6.45) is -8.95. The van der Waals surface area contributed by atoms with Gasteiger partial charge in [0, 0.05) is 0 Å². The molecule has 0 radical (unpaired) electrons. The van der Waals surface area contributed by atoms with E-state index in [1.54, 1.807) is 31.4 Å². The van der Waals surface area contributed by atoms with Crippen LogP contribution < -0.4 is 4.74 Å². The van der Waals surface area contributed by atoms with Crippen molar-refractivity contribution in [2.45, 2.75) is 43.2 Å². The van der Waals surface area contributed by atoms with Crippen LogP contribution in [0.25, 0.3) is 0 Å². The van der Waals surface area contributed by atoms with Crippen LogP contribution in [0.4, 0.5) is 0 Å². The van der Waals surface area contributed by atoms with E-state index in [1.165, 1.54) is 0 Å². The van der Waals surface area contributed by atoms with Crippen LogP contribution in [-0.4, -0.2) is 69.3 Å². The highest BCUT2D eigenvalue weighted by atomic mass is 16.5. The Labute approximate surface area is 122 Å². The van der Waals surface area contributed by atoms with Crippen LogP contribution in [0.15, 0.2) is 24.3 Å². The van der Waals surface area contributed by atoms with Gasteiger partial charge in [-0.25, -0.2) is 0 Å². The molecule has 0 amide bonds. The Kier molecular flexibility index (Phi) is 5.15. The van der Waals surface area contributed by atoms with Gasteiger partial charge >= 0.3 is 0 Å². The SMILES string of the molecule is COc1ccc(COC2[C@@H](O)[C@H](O)C(O)[C@H](O)[C@H]2O)cc1. The Balaban J connectivity index is 2.00. The summed E-state index contributed by atoms with van der Waals surface area (Å²) in [6.45, 7) is 0.0678. The van der Waals surface area contributed by atoms with Crippen LogP contribution in [0.2, 0.25) is 0 Å². The molecule has 0 spiro atoms. The Morgan fingerprint density at radius 3 is 1.76 bits per heavy atom. The third kappa shape index (κ3) is 3.34. The fourth-order valence-electron chi connectivity index (χ4n) is 2.31. The predicted molar refractivity (Wildman–Crippen MR) is 71.6 cm³/mol. The van der Waals surface area contributed by atoms with Gasteiger partial charge in [0.25, 0.3) is 0 Å². The van der Waals surface area contributed by atoms with Gasteiger partial charge in [-0.3, -0.25) is 0 Å². The first-order valence-electron chi connectivity index (χ1n) is 6.60. The molecule has 7 nitrogen and oxygen atoms in total. The van der Waals surface area contributed by atoms with Crippen LogP contribution in [0, 0.1) is 0 Å². The molecule has 1 aromatic carbocycles. The largest absolute Gasteiger partial charge is 0.497 e. The number of aliphatic hydroxyl groups excluding tert-OH is 5. The van der Waals surface area contributed by atoms with Gasteiger partial charge in [-0.05, 0) is 17.7 Å². The fraction of sp³-hybridized carbons (Fsp3) is 0.571. The van der Waals surface area contributed by atoms with E-state index < -0.39 is 36.6 Å². The summed E-state index contributed by atoms with van der Waals surface area (Å²) in [4.78, 5) is 0. The second kappa shape index (κ2) is 6.69. The molecule has 0 saturated heterocycles. The molecule has 7 heteroatoms. The minimum absolute atomic E-state index is 0.0678. The van der Waals surface area contributed by atoms with Crippen molar-refractivity contribution >= 4 is 0 Å². The van der Waals surface area contributed by atoms with Gasteiger partial charge in [0.1, 0.15) is 42.4 Å². The van der Waals surface area contributed by atoms with Crippen LogP contribution in [0.3, 0.4) is 0 Å². The molecule has 2 unspecified atom stereocenters. The minimum atomic E-state index is -1.61. The third-order valence-electron chi connectivity index (χ3n) is 3.67. The molecule has 0 heterocycles. The molecule has 1 fully saturated rings. The zero-order valence-corrected chi connectivity index (χ0v) is 11.5. The summed E-state index contributed by atoms with van der Waals surface area (Å²) >= 11 is 0. The van der Waals surface area contributed by atoms with Crippen molar-refractivity contribution in [3.63, 3.8) is 0 Å². The summed E-state index contributed by atoms with van der Waals surface area (Å²) in [6, 6.07) is 6.98. The predicted octanol–water partition coefficient (Wildman–Crippen LogP) is -1.60. The van der Waals surface area contributed by atoms with Gasteiger partial charge in [-0.2, -0.15) is 0 Å². The first-order chi connectivity index (χ1) is 9.95. The molecule has 0 aromatic heterocycles. The zero-order valence-electron chi connectivity index (χ0n) is 11.5. The number of hydrogen-bond donors (Lipinski definition) is 5. The topological polar surface area (TPSA) is 120 Å².